The molecule has 10 nitrogen and oxygen atoms in total. The summed E-state index contributed by atoms with van der Waals surface area (Å²) in [7, 11) is 1.57. The maximum Gasteiger partial charge on any atom is 0.260 e. The molecule has 0 aliphatic carbocycles. The van der Waals surface area contributed by atoms with Crippen LogP contribution in [0.1, 0.15) is 10.4 Å². The molecule has 1 aliphatic rings. The monoisotopic (exact) mass is 496 g/mol. The lowest BCUT2D eigenvalue weighted by atomic mass is 10.1. The number of nitrogens with one attached hydrogen (secondary N) is 3. The Balaban J connectivity index is 1.39. The number of halogens is 1. The molecule has 3 N–H and O–H groups in total. The summed E-state index contributed by atoms with van der Waals surface area (Å²) in [5.41, 5.74) is 1.74. The van der Waals surface area contributed by atoms with Gasteiger partial charge in [-0.25, -0.2) is 4.98 Å². The summed E-state index contributed by atoms with van der Waals surface area (Å²) in [5.74, 6) is 0.934. The molecule has 2 amide bonds. The largest absolute Gasteiger partial charge is 0.484 e. The van der Waals surface area contributed by atoms with Gasteiger partial charge in [-0.2, -0.15) is 4.98 Å². The van der Waals surface area contributed by atoms with E-state index in [-0.39, 0.29) is 18.4 Å². The summed E-state index contributed by atoms with van der Waals surface area (Å²) in [6, 6.07) is 14.1. The van der Waals surface area contributed by atoms with Gasteiger partial charge in [-0.15, -0.1) is 0 Å². The first-order chi connectivity index (χ1) is 17.0. The molecule has 4 rings (SSSR count). The molecule has 0 atom stereocenters. The Morgan fingerprint density at radius 2 is 1.83 bits per heavy atom. The van der Waals surface area contributed by atoms with Crippen LogP contribution in [0, 0.1) is 0 Å². The second-order valence-electron chi connectivity index (χ2n) is 7.57. The summed E-state index contributed by atoms with van der Waals surface area (Å²) in [6.45, 7) is 2.24. The third kappa shape index (κ3) is 6.37. The number of anilines is 4. The van der Waals surface area contributed by atoms with E-state index in [1.807, 2.05) is 0 Å². The molecule has 1 aromatic heterocycles. The van der Waals surface area contributed by atoms with E-state index in [0.717, 1.165) is 5.69 Å². The van der Waals surface area contributed by atoms with Crippen LogP contribution in [-0.2, 0) is 9.53 Å². The molecule has 0 unspecified atom stereocenters. The van der Waals surface area contributed by atoms with E-state index in [1.54, 1.807) is 60.5 Å². The number of ether oxygens (including phenoxy) is 2. The molecule has 11 heteroatoms. The zero-order valence-electron chi connectivity index (χ0n) is 19.1. The number of rotatable bonds is 8. The lowest BCUT2D eigenvalue weighted by Gasteiger charge is -2.26. The maximum atomic E-state index is 12.2. The Morgan fingerprint density at radius 1 is 1.09 bits per heavy atom. The summed E-state index contributed by atoms with van der Waals surface area (Å²) < 4.78 is 10.9. The highest BCUT2D eigenvalue weighted by molar-refractivity contribution is 6.33. The first-order valence-corrected chi connectivity index (χ1v) is 11.4. The summed E-state index contributed by atoms with van der Waals surface area (Å²) in [4.78, 5) is 34.8. The number of nitrogens with zero attached hydrogens (tertiary/aromatic N) is 3. The van der Waals surface area contributed by atoms with Crippen molar-refractivity contribution in [1.82, 2.24) is 20.2 Å². The van der Waals surface area contributed by atoms with Gasteiger partial charge in [0, 0.05) is 25.8 Å². The van der Waals surface area contributed by atoms with Gasteiger partial charge in [0.1, 0.15) is 10.8 Å². The van der Waals surface area contributed by atoms with Crippen LogP contribution in [0.25, 0.3) is 0 Å². The highest BCUT2D eigenvalue weighted by Gasteiger charge is 2.17. The molecule has 0 bridgehead atoms. The van der Waals surface area contributed by atoms with Crippen molar-refractivity contribution in [2.24, 2.45) is 0 Å². The second-order valence-corrected chi connectivity index (χ2v) is 7.98. The van der Waals surface area contributed by atoms with Crippen LogP contribution in [0.5, 0.6) is 5.75 Å². The van der Waals surface area contributed by atoms with Crippen molar-refractivity contribution in [2.75, 3.05) is 50.6 Å². The first kappa shape index (κ1) is 24.2. The molecular formula is C24H25ClN6O4. The smallest absolute Gasteiger partial charge is 0.260 e. The first-order valence-electron chi connectivity index (χ1n) is 11.0. The number of hydrogen-bond acceptors (Lipinski definition) is 8. The molecular weight excluding hydrogens is 472 g/mol. The molecule has 0 saturated carbocycles. The summed E-state index contributed by atoms with van der Waals surface area (Å²) in [5, 5.41) is 9.11. The van der Waals surface area contributed by atoms with E-state index >= 15 is 0 Å². The Hall–Kier alpha value is -3.89. The zero-order chi connectivity index (χ0) is 24.6. The normalized spacial score (nSPS) is 13.1. The maximum absolute atomic E-state index is 12.2. The Morgan fingerprint density at radius 3 is 2.57 bits per heavy atom. The minimum absolute atomic E-state index is 0.0281. The number of aromatic nitrogens is 2. The molecule has 2 aromatic carbocycles. The third-order valence-electron chi connectivity index (χ3n) is 5.23. The molecule has 3 aromatic rings. The van der Waals surface area contributed by atoms with Crippen molar-refractivity contribution in [3.63, 3.8) is 0 Å². The van der Waals surface area contributed by atoms with Crippen molar-refractivity contribution < 1.29 is 19.1 Å². The topological polar surface area (TPSA) is 118 Å². The predicted octanol–water partition coefficient (Wildman–Crippen LogP) is 3.21. The van der Waals surface area contributed by atoms with E-state index in [1.165, 1.54) is 6.20 Å². The fourth-order valence-corrected chi connectivity index (χ4v) is 3.52. The van der Waals surface area contributed by atoms with E-state index < -0.39 is 0 Å². The molecule has 0 spiro atoms. The van der Waals surface area contributed by atoms with Gasteiger partial charge in [0.15, 0.2) is 12.4 Å². The molecule has 1 aliphatic heterocycles. The van der Waals surface area contributed by atoms with Crippen LogP contribution in [0.3, 0.4) is 0 Å². The third-order valence-corrected chi connectivity index (χ3v) is 5.51. The second kappa shape index (κ2) is 11.5. The average molecular weight is 497 g/mol. The standard InChI is InChI=1S/C24H25ClN6O4/c1-26-23(33)18-4-2-3-5-20(18)29-22-19(25)14-27-24(30-22)28-16-6-8-17(9-7-16)35-15-21(32)31-10-12-34-13-11-31/h2-9,14H,10-13,15H2,1H3,(H,26,33)(H2,27,28,29,30). The number of carbonyl (C=O) groups excluding carboxylic acids is 2. The van der Waals surface area contributed by atoms with Gasteiger partial charge in [0.25, 0.3) is 11.8 Å². The summed E-state index contributed by atoms with van der Waals surface area (Å²) >= 11 is 6.28. The van der Waals surface area contributed by atoms with Gasteiger partial charge in [0.2, 0.25) is 5.95 Å². The van der Waals surface area contributed by atoms with Crippen LogP contribution in [-0.4, -0.2) is 66.6 Å². The quantitative estimate of drug-likeness (QED) is 0.435. The van der Waals surface area contributed by atoms with Gasteiger partial charge in [-0.05, 0) is 36.4 Å². The predicted molar refractivity (Wildman–Crippen MR) is 133 cm³/mol. The van der Waals surface area contributed by atoms with Crippen LogP contribution in [0.15, 0.2) is 54.7 Å². The SMILES string of the molecule is CNC(=O)c1ccccc1Nc1nc(Nc2ccc(OCC(=O)N3CCOCC3)cc2)ncc1Cl. The average Bonchev–Trinajstić information content (AvgIpc) is 2.90. The number of carbonyl (C=O) groups is 2. The number of para-hydroxylation sites is 1. The Labute approximate surface area is 207 Å². The van der Waals surface area contributed by atoms with Crippen molar-refractivity contribution in [2.45, 2.75) is 0 Å². The minimum Gasteiger partial charge on any atom is -0.484 e. The van der Waals surface area contributed by atoms with Gasteiger partial charge < -0.3 is 30.3 Å². The van der Waals surface area contributed by atoms with Gasteiger partial charge in [0.05, 0.1) is 30.7 Å². The van der Waals surface area contributed by atoms with E-state index in [4.69, 9.17) is 21.1 Å². The highest BCUT2D eigenvalue weighted by Crippen LogP contribution is 2.27. The fourth-order valence-electron chi connectivity index (χ4n) is 3.38. The highest BCUT2D eigenvalue weighted by atomic mass is 35.5. The molecule has 0 radical (unpaired) electrons. The molecule has 1 saturated heterocycles. The van der Waals surface area contributed by atoms with Crippen molar-refractivity contribution in [3.05, 3.63) is 65.3 Å². The van der Waals surface area contributed by atoms with Crippen LogP contribution in [0.2, 0.25) is 5.02 Å². The lowest BCUT2D eigenvalue weighted by Crippen LogP contribution is -2.42. The van der Waals surface area contributed by atoms with E-state index in [9.17, 15) is 9.59 Å². The van der Waals surface area contributed by atoms with Crippen molar-refractivity contribution in [1.29, 1.82) is 0 Å². The summed E-state index contributed by atoms with van der Waals surface area (Å²) in [6.07, 6.45) is 1.47. The van der Waals surface area contributed by atoms with Crippen LogP contribution >= 0.6 is 11.6 Å². The van der Waals surface area contributed by atoms with Gasteiger partial charge in [-0.1, -0.05) is 23.7 Å². The number of benzene rings is 2. The van der Waals surface area contributed by atoms with Crippen LogP contribution in [0.4, 0.5) is 23.1 Å². The molecule has 35 heavy (non-hydrogen) atoms. The Bertz CT molecular complexity index is 1180. The number of morpholine rings is 1. The van der Waals surface area contributed by atoms with Crippen LogP contribution < -0.4 is 20.7 Å². The van der Waals surface area contributed by atoms with E-state index in [0.29, 0.717) is 60.1 Å². The Kier molecular flexibility index (Phi) is 7.96. The number of hydrogen-bond donors (Lipinski definition) is 3. The molecule has 1 fully saturated rings. The lowest BCUT2D eigenvalue weighted by molar-refractivity contribution is -0.137. The molecule has 2 heterocycles. The number of amides is 2. The van der Waals surface area contributed by atoms with Gasteiger partial charge >= 0.3 is 0 Å². The minimum atomic E-state index is -0.231. The molecule has 182 valence electrons. The van der Waals surface area contributed by atoms with Gasteiger partial charge in [-0.3, -0.25) is 9.59 Å². The van der Waals surface area contributed by atoms with Crippen molar-refractivity contribution in [3.8, 4) is 5.75 Å². The fraction of sp³-hybridized carbons (Fsp3) is 0.250. The van der Waals surface area contributed by atoms with E-state index in [2.05, 4.69) is 25.9 Å². The zero-order valence-corrected chi connectivity index (χ0v) is 19.8. The van der Waals surface area contributed by atoms with Crippen molar-refractivity contribution >= 4 is 46.6 Å².